The third-order valence-corrected chi connectivity index (χ3v) is 3.42. The van der Waals surface area contributed by atoms with Crippen LogP contribution in [0.1, 0.15) is 5.56 Å². The number of carbonyl (C=O) groups excluding carboxylic acids is 1. The number of ether oxygens (including phenoxy) is 2. The van der Waals surface area contributed by atoms with Crippen molar-refractivity contribution in [2.24, 2.45) is 0 Å². The summed E-state index contributed by atoms with van der Waals surface area (Å²) in [6.07, 6.45) is 1.68. The number of cyclic esters (lactones) is 1. The molecular formula is C12H10BrNO3. The lowest BCUT2D eigenvalue weighted by molar-refractivity contribution is 0.161. The number of rotatable bonds is 1. The predicted octanol–water partition coefficient (Wildman–Crippen LogP) is 2.63. The number of amides is 1. The molecule has 0 bridgehead atoms. The van der Waals surface area contributed by atoms with Crippen LogP contribution in [-0.4, -0.2) is 30.8 Å². The van der Waals surface area contributed by atoms with Crippen LogP contribution in [-0.2, 0) is 4.74 Å². The molecule has 2 heterocycles. The Balaban J connectivity index is 1.97. The summed E-state index contributed by atoms with van der Waals surface area (Å²) >= 11 is 3.44. The van der Waals surface area contributed by atoms with Gasteiger partial charge in [0.25, 0.3) is 0 Å². The van der Waals surface area contributed by atoms with Gasteiger partial charge in [-0.15, -0.1) is 0 Å². The SMILES string of the molecule is O=C1OCCN1C1=Cc2cccc(Br)c2OC1. The van der Waals surface area contributed by atoms with Crippen molar-refractivity contribution in [3.05, 3.63) is 33.9 Å². The molecule has 0 N–H and O–H groups in total. The second-order valence-corrected chi connectivity index (χ2v) is 4.70. The first kappa shape index (κ1) is 10.7. The number of hydrogen-bond acceptors (Lipinski definition) is 3. The Morgan fingerprint density at radius 2 is 2.18 bits per heavy atom. The molecule has 0 radical (unpaired) electrons. The lowest BCUT2D eigenvalue weighted by atomic mass is 10.1. The minimum Gasteiger partial charge on any atom is -0.486 e. The largest absolute Gasteiger partial charge is 0.486 e. The molecule has 2 aliphatic heterocycles. The van der Waals surface area contributed by atoms with Gasteiger partial charge in [-0.2, -0.15) is 0 Å². The third kappa shape index (κ3) is 1.80. The van der Waals surface area contributed by atoms with Gasteiger partial charge in [0.15, 0.2) is 0 Å². The maximum atomic E-state index is 11.5. The predicted molar refractivity (Wildman–Crippen MR) is 65.7 cm³/mol. The van der Waals surface area contributed by atoms with Crippen molar-refractivity contribution < 1.29 is 14.3 Å². The van der Waals surface area contributed by atoms with Crippen LogP contribution in [0.3, 0.4) is 0 Å². The summed E-state index contributed by atoms with van der Waals surface area (Å²) < 4.78 is 11.5. The molecule has 0 unspecified atom stereocenters. The van der Waals surface area contributed by atoms with Gasteiger partial charge >= 0.3 is 6.09 Å². The molecule has 5 heteroatoms. The first-order chi connectivity index (χ1) is 8.25. The molecule has 0 saturated carbocycles. The molecule has 3 rings (SSSR count). The van der Waals surface area contributed by atoms with E-state index in [0.717, 1.165) is 21.5 Å². The maximum absolute atomic E-state index is 11.5. The topological polar surface area (TPSA) is 38.8 Å². The minimum atomic E-state index is -0.293. The van der Waals surface area contributed by atoms with E-state index < -0.39 is 0 Å². The Hall–Kier alpha value is -1.49. The van der Waals surface area contributed by atoms with Crippen LogP contribution in [0, 0.1) is 0 Å². The summed E-state index contributed by atoms with van der Waals surface area (Å²) in [5, 5.41) is 0. The average Bonchev–Trinajstić information content (AvgIpc) is 2.75. The van der Waals surface area contributed by atoms with Crippen molar-refractivity contribution in [3.8, 4) is 5.75 Å². The van der Waals surface area contributed by atoms with E-state index in [2.05, 4.69) is 15.9 Å². The first-order valence-corrected chi connectivity index (χ1v) is 6.11. The summed E-state index contributed by atoms with van der Waals surface area (Å²) in [5.41, 5.74) is 1.82. The van der Waals surface area contributed by atoms with Crippen LogP contribution in [0.25, 0.3) is 6.08 Å². The quantitative estimate of drug-likeness (QED) is 0.799. The first-order valence-electron chi connectivity index (χ1n) is 5.32. The molecule has 1 saturated heterocycles. The molecule has 1 fully saturated rings. The molecule has 0 atom stereocenters. The van der Waals surface area contributed by atoms with E-state index in [-0.39, 0.29) is 6.09 Å². The van der Waals surface area contributed by atoms with E-state index in [0.29, 0.717) is 19.8 Å². The zero-order valence-corrected chi connectivity index (χ0v) is 10.6. The fraction of sp³-hybridized carbons (Fsp3) is 0.250. The van der Waals surface area contributed by atoms with Gasteiger partial charge in [0.2, 0.25) is 0 Å². The molecule has 1 aromatic carbocycles. The molecule has 88 valence electrons. The fourth-order valence-electron chi connectivity index (χ4n) is 1.97. The van der Waals surface area contributed by atoms with Crippen molar-refractivity contribution >= 4 is 28.1 Å². The molecule has 1 amide bonds. The molecule has 0 aliphatic carbocycles. The molecule has 0 aromatic heterocycles. The highest BCUT2D eigenvalue weighted by Crippen LogP contribution is 2.34. The molecule has 17 heavy (non-hydrogen) atoms. The maximum Gasteiger partial charge on any atom is 0.414 e. The highest BCUT2D eigenvalue weighted by Gasteiger charge is 2.28. The summed E-state index contributed by atoms with van der Waals surface area (Å²) in [5.74, 6) is 0.823. The summed E-state index contributed by atoms with van der Waals surface area (Å²) in [6.45, 7) is 1.43. The standard InChI is InChI=1S/C12H10BrNO3/c13-10-3-1-2-8-6-9(7-17-11(8)10)14-4-5-16-12(14)15/h1-3,6H,4-5,7H2. The van der Waals surface area contributed by atoms with Gasteiger partial charge in [-0.05, 0) is 28.1 Å². The van der Waals surface area contributed by atoms with Gasteiger partial charge in [0.05, 0.1) is 16.7 Å². The number of carbonyl (C=O) groups is 1. The summed E-state index contributed by atoms with van der Waals surface area (Å²) in [4.78, 5) is 13.1. The molecule has 0 spiro atoms. The highest BCUT2D eigenvalue weighted by atomic mass is 79.9. The van der Waals surface area contributed by atoms with E-state index >= 15 is 0 Å². The van der Waals surface area contributed by atoms with Gasteiger partial charge in [-0.1, -0.05) is 12.1 Å². The number of nitrogens with zero attached hydrogens (tertiary/aromatic N) is 1. The summed E-state index contributed by atoms with van der Waals surface area (Å²) in [7, 11) is 0. The molecule has 4 nitrogen and oxygen atoms in total. The monoisotopic (exact) mass is 295 g/mol. The Labute approximate surface area is 107 Å². The van der Waals surface area contributed by atoms with Crippen LogP contribution in [0.2, 0.25) is 0 Å². The van der Waals surface area contributed by atoms with Gasteiger partial charge < -0.3 is 9.47 Å². The Morgan fingerprint density at radius 1 is 1.29 bits per heavy atom. The van der Waals surface area contributed by atoms with Gasteiger partial charge in [-0.25, -0.2) is 4.79 Å². The van der Waals surface area contributed by atoms with Gasteiger partial charge in [0.1, 0.15) is 19.0 Å². The normalized spacial score (nSPS) is 18.3. The lowest BCUT2D eigenvalue weighted by Gasteiger charge is -2.23. The van der Waals surface area contributed by atoms with Crippen molar-refractivity contribution in [3.63, 3.8) is 0 Å². The second kappa shape index (κ2) is 4.07. The average molecular weight is 296 g/mol. The number of hydrogen-bond donors (Lipinski definition) is 0. The number of para-hydroxylation sites is 1. The van der Waals surface area contributed by atoms with Gasteiger partial charge in [0, 0.05) is 5.56 Å². The van der Waals surface area contributed by atoms with E-state index in [1.54, 1.807) is 4.90 Å². The lowest BCUT2D eigenvalue weighted by Crippen LogP contribution is -2.28. The minimum absolute atomic E-state index is 0.293. The molecule has 1 aromatic rings. The zero-order chi connectivity index (χ0) is 11.8. The van der Waals surface area contributed by atoms with E-state index in [1.165, 1.54) is 0 Å². The van der Waals surface area contributed by atoms with E-state index in [4.69, 9.17) is 9.47 Å². The Kier molecular flexibility index (Phi) is 2.55. The molecular weight excluding hydrogens is 286 g/mol. The van der Waals surface area contributed by atoms with Crippen molar-refractivity contribution in [1.82, 2.24) is 4.90 Å². The van der Waals surface area contributed by atoms with Crippen LogP contribution in [0.4, 0.5) is 4.79 Å². The van der Waals surface area contributed by atoms with Crippen molar-refractivity contribution in [1.29, 1.82) is 0 Å². The van der Waals surface area contributed by atoms with E-state index in [1.807, 2.05) is 24.3 Å². The Bertz CT molecular complexity index is 512. The third-order valence-electron chi connectivity index (χ3n) is 2.79. The van der Waals surface area contributed by atoms with Crippen molar-refractivity contribution in [2.45, 2.75) is 0 Å². The smallest absolute Gasteiger partial charge is 0.414 e. The summed E-state index contributed by atoms with van der Waals surface area (Å²) in [6, 6.07) is 5.83. The van der Waals surface area contributed by atoms with Crippen LogP contribution < -0.4 is 4.74 Å². The number of benzene rings is 1. The van der Waals surface area contributed by atoms with Crippen LogP contribution in [0.15, 0.2) is 28.4 Å². The fourth-order valence-corrected chi connectivity index (χ4v) is 2.46. The Morgan fingerprint density at radius 3 is 2.94 bits per heavy atom. The van der Waals surface area contributed by atoms with E-state index in [9.17, 15) is 4.79 Å². The zero-order valence-electron chi connectivity index (χ0n) is 8.98. The second-order valence-electron chi connectivity index (χ2n) is 3.85. The molecule has 2 aliphatic rings. The number of fused-ring (bicyclic) bond motifs is 1. The number of halogens is 1. The van der Waals surface area contributed by atoms with Crippen LogP contribution in [0.5, 0.6) is 5.75 Å². The highest BCUT2D eigenvalue weighted by molar-refractivity contribution is 9.10. The van der Waals surface area contributed by atoms with Gasteiger partial charge in [-0.3, -0.25) is 4.90 Å². The van der Waals surface area contributed by atoms with Crippen LogP contribution >= 0.6 is 15.9 Å². The van der Waals surface area contributed by atoms with Crippen molar-refractivity contribution in [2.75, 3.05) is 19.8 Å².